The van der Waals surface area contributed by atoms with Crippen LogP contribution in [0.2, 0.25) is 0 Å². The maximum Gasteiger partial charge on any atom is 0.146 e. The molecule has 0 radical (unpaired) electrons. The van der Waals surface area contributed by atoms with Crippen LogP contribution in [0.15, 0.2) is 16.6 Å². The Bertz CT molecular complexity index is 298. The molecule has 0 atom stereocenters. The van der Waals surface area contributed by atoms with Crippen molar-refractivity contribution < 1.29 is 4.74 Å². The Balaban J connectivity index is 2.62. The second-order valence-electron chi connectivity index (χ2n) is 2.55. The van der Waals surface area contributed by atoms with Crippen LogP contribution in [-0.4, -0.2) is 6.61 Å². The van der Waals surface area contributed by atoms with E-state index in [-0.39, 0.29) is 0 Å². The summed E-state index contributed by atoms with van der Waals surface area (Å²) in [7, 11) is 0. The van der Waals surface area contributed by atoms with Gasteiger partial charge in [0.2, 0.25) is 0 Å². The van der Waals surface area contributed by atoms with Crippen LogP contribution in [0, 0.1) is 0 Å². The lowest BCUT2D eigenvalue weighted by Gasteiger charge is -2.04. The van der Waals surface area contributed by atoms with E-state index in [4.69, 9.17) is 10.5 Å². The zero-order valence-electron chi connectivity index (χ0n) is 5.93. The van der Waals surface area contributed by atoms with Crippen LogP contribution in [0.4, 0.5) is 5.69 Å². The molecule has 1 aromatic rings. The maximum absolute atomic E-state index is 5.76. The quantitative estimate of drug-likeness (QED) is 0.670. The number of ether oxygens (including phenoxy) is 1. The number of hydrogen-bond acceptors (Lipinski definition) is 2. The van der Waals surface area contributed by atoms with Gasteiger partial charge in [0.15, 0.2) is 0 Å². The number of nitrogens with two attached hydrogens (primary N) is 1. The van der Waals surface area contributed by atoms with Crippen molar-refractivity contribution in [2.45, 2.75) is 6.42 Å². The van der Waals surface area contributed by atoms with E-state index in [0.29, 0.717) is 0 Å². The van der Waals surface area contributed by atoms with Crippen molar-refractivity contribution >= 4 is 21.6 Å². The van der Waals surface area contributed by atoms with Gasteiger partial charge in [-0.2, -0.15) is 0 Å². The van der Waals surface area contributed by atoms with E-state index in [1.165, 1.54) is 5.56 Å². The highest BCUT2D eigenvalue weighted by Crippen LogP contribution is 2.36. The lowest BCUT2D eigenvalue weighted by Crippen LogP contribution is -1.92. The first kappa shape index (κ1) is 6.98. The van der Waals surface area contributed by atoms with Gasteiger partial charge in [0, 0.05) is 10.9 Å². The molecule has 1 aliphatic heterocycles. The van der Waals surface area contributed by atoms with E-state index >= 15 is 0 Å². The number of anilines is 1. The number of nitrogen functional groups attached to an aromatic ring is 1. The molecule has 0 fully saturated rings. The summed E-state index contributed by atoms with van der Waals surface area (Å²) in [6, 6.07) is 4.01. The van der Waals surface area contributed by atoms with Crippen LogP contribution in [0.3, 0.4) is 0 Å². The lowest BCUT2D eigenvalue weighted by atomic mass is 10.1. The van der Waals surface area contributed by atoms with Crippen molar-refractivity contribution in [2.24, 2.45) is 0 Å². The molecule has 0 saturated carbocycles. The Labute approximate surface area is 73.5 Å². The smallest absolute Gasteiger partial charge is 0.146 e. The minimum absolute atomic E-state index is 0.722. The molecule has 58 valence electrons. The molecule has 0 unspecified atom stereocenters. The van der Waals surface area contributed by atoms with Crippen LogP contribution >= 0.6 is 15.9 Å². The van der Waals surface area contributed by atoms with Crippen molar-refractivity contribution in [3.05, 3.63) is 22.2 Å². The fraction of sp³-hybridized carbons (Fsp3) is 0.250. The van der Waals surface area contributed by atoms with Crippen molar-refractivity contribution in [1.82, 2.24) is 0 Å². The molecule has 2 N–H and O–H groups in total. The first-order chi connectivity index (χ1) is 5.29. The summed E-state index contributed by atoms with van der Waals surface area (Å²) in [5, 5.41) is 0. The van der Waals surface area contributed by atoms with Gasteiger partial charge in [-0.05, 0) is 27.6 Å². The van der Waals surface area contributed by atoms with E-state index in [9.17, 15) is 0 Å². The highest BCUT2D eigenvalue weighted by Gasteiger charge is 2.15. The molecule has 0 aliphatic carbocycles. The minimum atomic E-state index is 0.722. The Kier molecular flexibility index (Phi) is 1.53. The third-order valence-electron chi connectivity index (χ3n) is 1.84. The van der Waals surface area contributed by atoms with Crippen molar-refractivity contribution in [3.63, 3.8) is 0 Å². The molecule has 3 heteroatoms. The predicted octanol–water partition coefficient (Wildman–Crippen LogP) is 1.97. The number of rotatable bonds is 0. The van der Waals surface area contributed by atoms with Gasteiger partial charge in [-0.3, -0.25) is 0 Å². The number of hydrogen-bond donors (Lipinski definition) is 1. The van der Waals surface area contributed by atoms with Gasteiger partial charge in [0.1, 0.15) is 5.75 Å². The average molecular weight is 214 g/mol. The van der Waals surface area contributed by atoms with Gasteiger partial charge in [0.25, 0.3) is 0 Å². The molecule has 1 aromatic carbocycles. The summed E-state index contributed by atoms with van der Waals surface area (Å²) in [5.74, 6) is 0.861. The highest BCUT2D eigenvalue weighted by molar-refractivity contribution is 9.10. The third-order valence-corrected chi connectivity index (χ3v) is 2.53. The van der Waals surface area contributed by atoms with E-state index in [1.807, 2.05) is 12.1 Å². The van der Waals surface area contributed by atoms with E-state index < -0.39 is 0 Å². The first-order valence-corrected chi connectivity index (χ1v) is 4.28. The first-order valence-electron chi connectivity index (χ1n) is 3.48. The standard InChI is InChI=1S/C8H8BrNO/c9-6-2-1-5-3-4-11-8(5)7(6)10/h1-2H,3-4,10H2. The summed E-state index contributed by atoms with van der Waals surface area (Å²) in [6.07, 6.45) is 0.979. The molecule has 0 aromatic heterocycles. The molecule has 0 amide bonds. The summed E-state index contributed by atoms with van der Waals surface area (Å²) in [4.78, 5) is 0. The lowest BCUT2D eigenvalue weighted by molar-refractivity contribution is 0.358. The molecule has 0 saturated heterocycles. The Morgan fingerprint density at radius 1 is 1.45 bits per heavy atom. The normalized spacial score (nSPS) is 14.3. The van der Waals surface area contributed by atoms with Crippen LogP contribution < -0.4 is 10.5 Å². The fourth-order valence-electron chi connectivity index (χ4n) is 1.25. The second kappa shape index (κ2) is 2.41. The predicted molar refractivity (Wildman–Crippen MR) is 47.8 cm³/mol. The zero-order chi connectivity index (χ0) is 7.84. The second-order valence-corrected chi connectivity index (χ2v) is 3.40. The summed E-state index contributed by atoms with van der Waals surface area (Å²) < 4.78 is 6.27. The molecular formula is C8H8BrNO. The largest absolute Gasteiger partial charge is 0.491 e. The Morgan fingerprint density at radius 3 is 3.09 bits per heavy atom. The van der Waals surface area contributed by atoms with E-state index in [2.05, 4.69) is 15.9 Å². The molecule has 0 spiro atoms. The number of fused-ring (bicyclic) bond motifs is 1. The van der Waals surface area contributed by atoms with Crippen molar-refractivity contribution in [2.75, 3.05) is 12.3 Å². The van der Waals surface area contributed by atoms with Crippen LogP contribution in [0.25, 0.3) is 0 Å². The molecule has 1 aliphatic rings. The third kappa shape index (κ3) is 0.997. The van der Waals surface area contributed by atoms with E-state index in [0.717, 1.165) is 28.9 Å². The van der Waals surface area contributed by atoms with Gasteiger partial charge < -0.3 is 10.5 Å². The molecular weight excluding hydrogens is 206 g/mol. The van der Waals surface area contributed by atoms with Crippen molar-refractivity contribution in [1.29, 1.82) is 0 Å². The van der Waals surface area contributed by atoms with Crippen LogP contribution in [-0.2, 0) is 6.42 Å². The molecule has 1 heterocycles. The fourth-order valence-corrected chi connectivity index (χ4v) is 1.56. The van der Waals surface area contributed by atoms with Gasteiger partial charge >= 0.3 is 0 Å². The zero-order valence-corrected chi connectivity index (χ0v) is 7.52. The molecule has 0 bridgehead atoms. The molecule has 11 heavy (non-hydrogen) atoms. The molecule has 2 nitrogen and oxygen atoms in total. The average Bonchev–Trinajstić information content (AvgIpc) is 2.45. The SMILES string of the molecule is Nc1c(Br)ccc2c1OCC2. The van der Waals surface area contributed by atoms with Gasteiger partial charge in [-0.15, -0.1) is 0 Å². The Morgan fingerprint density at radius 2 is 2.27 bits per heavy atom. The van der Waals surface area contributed by atoms with Gasteiger partial charge in [-0.1, -0.05) is 6.07 Å². The highest BCUT2D eigenvalue weighted by atomic mass is 79.9. The minimum Gasteiger partial charge on any atom is -0.491 e. The van der Waals surface area contributed by atoms with E-state index in [1.54, 1.807) is 0 Å². The number of benzene rings is 1. The van der Waals surface area contributed by atoms with Gasteiger partial charge in [-0.25, -0.2) is 0 Å². The van der Waals surface area contributed by atoms with Crippen LogP contribution in [0.1, 0.15) is 5.56 Å². The van der Waals surface area contributed by atoms with Crippen molar-refractivity contribution in [3.8, 4) is 5.75 Å². The maximum atomic E-state index is 5.76. The number of halogens is 1. The molecule has 2 rings (SSSR count). The summed E-state index contributed by atoms with van der Waals surface area (Å²) >= 11 is 3.34. The summed E-state index contributed by atoms with van der Waals surface area (Å²) in [6.45, 7) is 0.760. The van der Waals surface area contributed by atoms with Crippen LogP contribution in [0.5, 0.6) is 5.75 Å². The topological polar surface area (TPSA) is 35.2 Å². The van der Waals surface area contributed by atoms with Gasteiger partial charge in [0.05, 0.1) is 12.3 Å². The summed E-state index contributed by atoms with van der Waals surface area (Å²) in [5.41, 5.74) is 7.70. The Hall–Kier alpha value is -0.700. The monoisotopic (exact) mass is 213 g/mol.